The molecule has 2 atom stereocenters. The maximum Gasteiger partial charge on any atom is 0.0670 e. The Bertz CT molecular complexity index is 428. The maximum atomic E-state index is 6.06. The summed E-state index contributed by atoms with van der Waals surface area (Å²) in [7, 11) is 6.40. The molecule has 2 heterocycles. The lowest BCUT2D eigenvalue weighted by Gasteiger charge is -2.31. The molecule has 20 heavy (non-hydrogen) atoms. The van der Waals surface area contributed by atoms with E-state index in [1.165, 1.54) is 30.6 Å². The van der Waals surface area contributed by atoms with Crippen molar-refractivity contribution in [1.29, 1.82) is 0 Å². The zero-order chi connectivity index (χ0) is 14.7. The fourth-order valence-corrected chi connectivity index (χ4v) is 3.32. The van der Waals surface area contributed by atoms with Crippen molar-refractivity contribution < 1.29 is 0 Å². The van der Waals surface area contributed by atoms with Crippen LogP contribution in [-0.2, 0) is 13.5 Å². The Morgan fingerprint density at radius 1 is 1.50 bits per heavy atom. The molecular weight excluding hydrogens is 250 g/mol. The summed E-state index contributed by atoms with van der Waals surface area (Å²) in [6, 6.07) is 0.934. The number of likely N-dealkylation sites (N-methyl/N-ethyl adjacent to an activating group) is 2. The summed E-state index contributed by atoms with van der Waals surface area (Å²) >= 11 is 0. The lowest BCUT2D eigenvalue weighted by molar-refractivity contribution is 0.179. The van der Waals surface area contributed by atoms with Crippen molar-refractivity contribution in [3.05, 3.63) is 17.5 Å². The third-order valence-corrected chi connectivity index (χ3v) is 4.56. The number of nitrogens with zero attached hydrogens (tertiary/aromatic N) is 4. The van der Waals surface area contributed by atoms with Gasteiger partial charge in [0.25, 0.3) is 0 Å². The molecule has 0 aliphatic carbocycles. The van der Waals surface area contributed by atoms with Crippen molar-refractivity contribution in [1.82, 2.24) is 19.6 Å². The van der Waals surface area contributed by atoms with Gasteiger partial charge in [-0.3, -0.25) is 9.58 Å². The first-order valence-corrected chi connectivity index (χ1v) is 7.69. The van der Waals surface area contributed by atoms with Gasteiger partial charge in [-0.2, -0.15) is 5.10 Å². The second-order valence-corrected chi connectivity index (χ2v) is 6.03. The average Bonchev–Trinajstić information content (AvgIpc) is 2.97. The van der Waals surface area contributed by atoms with E-state index in [2.05, 4.69) is 42.1 Å². The van der Waals surface area contributed by atoms with E-state index in [0.29, 0.717) is 12.6 Å². The van der Waals surface area contributed by atoms with Crippen molar-refractivity contribution in [3.8, 4) is 0 Å². The summed E-state index contributed by atoms with van der Waals surface area (Å²) in [4.78, 5) is 4.87. The molecule has 1 aromatic heterocycles. The lowest BCUT2D eigenvalue weighted by Crippen LogP contribution is -2.40. The molecule has 0 aromatic carbocycles. The van der Waals surface area contributed by atoms with E-state index in [1.807, 2.05) is 11.7 Å². The second kappa shape index (κ2) is 6.70. The predicted molar refractivity (Wildman–Crippen MR) is 82.7 cm³/mol. The third kappa shape index (κ3) is 3.22. The van der Waals surface area contributed by atoms with E-state index in [4.69, 9.17) is 5.73 Å². The molecule has 1 aliphatic heterocycles. The SMILES string of the molecule is CCc1nn(C)cc1C(CN)N(C)CC1CCCN1C. The lowest BCUT2D eigenvalue weighted by atomic mass is 10.0. The van der Waals surface area contributed by atoms with E-state index in [0.717, 1.165) is 13.0 Å². The summed E-state index contributed by atoms with van der Waals surface area (Å²) in [5, 5.41) is 4.55. The fourth-order valence-electron chi connectivity index (χ4n) is 3.32. The Balaban J connectivity index is 2.10. The molecule has 0 spiro atoms. The van der Waals surface area contributed by atoms with E-state index in [-0.39, 0.29) is 6.04 Å². The third-order valence-electron chi connectivity index (χ3n) is 4.56. The van der Waals surface area contributed by atoms with Gasteiger partial charge in [-0.1, -0.05) is 6.92 Å². The molecule has 1 aromatic rings. The number of nitrogens with two attached hydrogens (primary N) is 1. The minimum Gasteiger partial charge on any atom is -0.329 e. The molecular formula is C15H29N5. The zero-order valence-electron chi connectivity index (χ0n) is 13.3. The molecule has 2 rings (SSSR count). The second-order valence-electron chi connectivity index (χ2n) is 6.03. The van der Waals surface area contributed by atoms with E-state index in [1.54, 1.807) is 0 Å². The molecule has 5 nitrogen and oxygen atoms in total. The number of hydrogen-bond donors (Lipinski definition) is 1. The molecule has 1 fully saturated rings. The van der Waals surface area contributed by atoms with Crippen LogP contribution in [0.15, 0.2) is 6.20 Å². The Kier molecular flexibility index (Phi) is 5.18. The van der Waals surface area contributed by atoms with Crippen LogP contribution >= 0.6 is 0 Å². The normalized spacial score (nSPS) is 21.8. The Morgan fingerprint density at radius 2 is 2.25 bits per heavy atom. The minimum atomic E-state index is 0.271. The highest BCUT2D eigenvalue weighted by molar-refractivity contribution is 5.22. The first-order valence-electron chi connectivity index (χ1n) is 7.69. The van der Waals surface area contributed by atoms with Gasteiger partial charge in [0.15, 0.2) is 0 Å². The van der Waals surface area contributed by atoms with Gasteiger partial charge in [-0.25, -0.2) is 0 Å². The van der Waals surface area contributed by atoms with Crippen LogP contribution in [-0.4, -0.2) is 59.4 Å². The van der Waals surface area contributed by atoms with Crippen LogP contribution in [0.3, 0.4) is 0 Å². The molecule has 2 N–H and O–H groups in total. The van der Waals surface area contributed by atoms with Gasteiger partial charge in [-0.15, -0.1) is 0 Å². The number of hydrogen-bond acceptors (Lipinski definition) is 4. The fraction of sp³-hybridized carbons (Fsp3) is 0.800. The van der Waals surface area contributed by atoms with Crippen molar-refractivity contribution in [2.75, 3.05) is 33.7 Å². The molecule has 0 amide bonds. The van der Waals surface area contributed by atoms with Crippen molar-refractivity contribution >= 4 is 0 Å². The molecule has 114 valence electrons. The summed E-state index contributed by atoms with van der Waals surface area (Å²) in [5.41, 5.74) is 8.52. The minimum absolute atomic E-state index is 0.271. The Labute approximate surface area is 122 Å². The van der Waals surface area contributed by atoms with Crippen LogP contribution < -0.4 is 5.73 Å². The van der Waals surface area contributed by atoms with Gasteiger partial charge in [0, 0.05) is 37.9 Å². The van der Waals surface area contributed by atoms with E-state index >= 15 is 0 Å². The Morgan fingerprint density at radius 3 is 2.80 bits per heavy atom. The summed E-state index contributed by atoms with van der Waals surface area (Å²) in [6.45, 7) is 5.10. The molecule has 1 saturated heterocycles. The monoisotopic (exact) mass is 279 g/mol. The summed E-state index contributed by atoms with van der Waals surface area (Å²) in [6.07, 6.45) is 5.70. The van der Waals surface area contributed by atoms with Crippen LogP contribution in [0.5, 0.6) is 0 Å². The van der Waals surface area contributed by atoms with Gasteiger partial charge in [0.2, 0.25) is 0 Å². The zero-order valence-corrected chi connectivity index (χ0v) is 13.3. The smallest absolute Gasteiger partial charge is 0.0670 e. The van der Waals surface area contributed by atoms with Crippen molar-refractivity contribution in [3.63, 3.8) is 0 Å². The maximum absolute atomic E-state index is 6.06. The topological polar surface area (TPSA) is 50.3 Å². The highest BCUT2D eigenvalue weighted by Gasteiger charge is 2.26. The van der Waals surface area contributed by atoms with Gasteiger partial charge in [0.1, 0.15) is 0 Å². The molecule has 5 heteroatoms. The quantitative estimate of drug-likeness (QED) is 0.844. The highest BCUT2D eigenvalue weighted by atomic mass is 15.3. The van der Waals surface area contributed by atoms with E-state index in [9.17, 15) is 0 Å². The van der Waals surface area contributed by atoms with Gasteiger partial charge in [0.05, 0.1) is 11.7 Å². The average molecular weight is 279 g/mol. The first kappa shape index (κ1) is 15.5. The van der Waals surface area contributed by atoms with Crippen LogP contribution in [0.1, 0.15) is 37.1 Å². The number of aromatic nitrogens is 2. The van der Waals surface area contributed by atoms with Crippen molar-refractivity contribution in [2.24, 2.45) is 12.8 Å². The molecule has 2 unspecified atom stereocenters. The summed E-state index contributed by atoms with van der Waals surface area (Å²) < 4.78 is 1.91. The van der Waals surface area contributed by atoms with Crippen LogP contribution in [0.2, 0.25) is 0 Å². The number of aryl methyl sites for hydroxylation is 2. The Hall–Kier alpha value is -0.910. The largest absolute Gasteiger partial charge is 0.329 e. The molecule has 0 bridgehead atoms. The van der Waals surface area contributed by atoms with Gasteiger partial charge >= 0.3 is 0 Å². The molecule has 0 radical (unpaired) electrons. The summed E-state index contributed by atoms with van der Waals surface area (Å²) in [5.74, 6) is 0. The van der Waals surface area contributed by atoms with Gasteiger partial charge in [-0.05, 0) is 39.9 Å². The van der Waals surface area contributed by atoms with Crippen LogP contribution in [0.25, 0.3) is 0 Å². The number of rotatable bonds is 6. The van der Waals surface area contributed by atoms with Crippen LogP contribution in [0, 0.1) is 0 Å². The number of likely N-dealkylation sites (tertiary alicyclic amines) is 1. The highest BCUT2D eigenvalue weighted by Crippen LogP contribution is 2.24. The predicted octanol–water partition coefficient (Wildman–Crippen LogP) is 1.01. The van der Waals surface area contributed by atoms with Crippen molar-refractivity contribution in [2.45, 2.75) is 38.3 Å². The molecule has 0 saturated carbocycles. The van der Waals surface area contributed by atoms with Crippen LogP contribution in [0.4, 0.5) is 0 Å². The standard InChI is InChI=1S/C15H29N5/c1-5-14-13(11-20(4)17-14)15(9-16)19(3)10-12-7-6-8-18(12)2/h11-12,15H,5-10,16H2,1-4H3. The molecule has 1 aliphatic rings. The van der Waals surface area contributed by atoms with Gasteiger partial charge < -0.3 is 10.6 Å². The first-order chi connectivity index (χ1) is 9.56. The van der Waals surface area contributed by atoms with E-state index < -0.39 is 0 Å².